The molecule has 0 saturated carbocycles. The number of benzene rings is 1. The molecule has 1 aromatic carbocycles. The third-order valence-electron chi connectivity index (χ3n) is 3.10. The molecule has 0 amide bonds. The molecule has 0 saturated heterocycles. The number of rotatable bonds is 8. The molecule has 0 aliphatic heterocycles. The normalized spacial score (nSPS) is 11.8. The van der Waals surface area contributed by atoms with E-state index in [0.29, 0.717) is 6.54 Å². The lowest BCUT2D eigenvalue weighted by Crippen LogP contribution is -2.30. The summed E-state index contributed by atoms with van der Waals surface area (Å²) in [7, 11) is -3.44. The van der Waals surface area contributed by atoms with E-state index >= 15 is 0 Å². The highest BCUT2D eigenvalue weighted by Crippen LogP contribution is 2.14. The standard InChI is InChI=1S/C14H21NO4S/c1-3-8-15(4-2)9-10-20(18,19)13-7-5-6-12(11-13)14(16)17/h5-7,11H,3-4,8-10H2,1-2H3,(H,16,17). The quantitative estimate of drug-likeness (QED) is 0.793. The molecule has 0 bridgehead atoms. The van der Waals surface area contributed by atoms with Crippen LogP contribution in [0.3, 0.4) is 0 Å². The van der Waals surface area contributed by atoms with Gasteiger partial charge in [-0.1, -0.05) is 19.9 Å². The first-order valence-corrected chi connectivity index (χ1v) is 8.34. The Balaban J connectivity index is 2.83. The Labute approximate surface area is 120 Å². The maximum atomic E-state index is 12.2. The van der Waals surface area contributed by atoms with Gasteiger partial charge in [0.25, 0.3) is 0 Å². The minimum absolute atomic E-state index is 0.00388. The minimum atomic E-state index is -3.44. The first-order valence-electron chi connectivity index (χ1n) is 6.69. The molecule has 1 rings (SSSR count). The van der Waals surface area contributed by atoms with Crippen molar-refractivity contribution >= 4 is 15.8 Å². The number of hydrogen-bond donors (Lipinski definition) is 1. The van der Waals surface area contributed by atoms with Crippen molar-refractivity contribution in [1.82, 2.24) is 4.90 Å². The van der Waals surface area contributed by atoms with Crippen LogP contribution in [-0.4, -0.2) is 49.8 Å². The predicted molar refractivity (Wildman–Crippen MR) is 77.9 cm³/mol. The van der Waals surface area contributed by atoms with E-state index in [2.05, 4.69) is 4.90 Å². The summed E-state index contributed by atoms with van der Waals surface area (Å²) in [6, 6.07) is 5.50. The molecular weight excluding hydrogens is 278 g/mol. The summed E-state index contributed by atoms with van der Waals surface area (Å²) in [6.07, 6.45) is 0.975. The van der Waals surface area contributed by atoms with Gasteiger partial charge in [-0.25, -0.2) is 13.2 Å². The van der Waals surface area contributed by atoms with E-state index in [1.54, 1.807) is 0 Å². The van der Waals surface area contributed by atoms with E-state index < -0.39 is 15.8 Å². The van der Waals surface area contributed by atoms with Crippen molar-refractivity contribution in [3.8, 4) is 0 Å². The van der Waals surface area contributed by atoms with Gasteiger partial charge in [0.2, 0.25) is 0 Å². The lowest BCUT2D eigenvalue weighted by Gasteiger charge is -2.19. The van der Waals surface area contributed by atoms with Crippen molar-refractivity contribution in [2.45, 2.75) is 25.2 Å². The fourth-order valence-electron chi connectivity index (χ4n) is 1.93. The topological polar surface area (TPSA) is 74.7 Å². The average molecular weight is 299 g/mol. The zero-order valence-corrected chi connectivity index (χ0v) is 12.7. The summed E-state index contributed by atoms with van der Waals surface area (Å²) in [5, 5.41) is 8.90. The van der Waals surface area contributed by atoms with Crippen molar-refractivity contribution in [2.75, 3.05) is 25.4 Å². The largest absolute Gasteiger partial charge is 0.478 e. The first kappa shape index (κ1) is 16.7. The van der Waals surface area contributed by atoms with E-state index in [1.165, 1.54) is 24.3 Å². The molecule has 0 aliphatic rings. The summed E-state index contributed by atoms with van der Waals surface area (Å²) in [5.41, 5.74) is -0.00743. The monoisotopic (exact) mass is 299 g/mol. The second-order valence-corrected chi connectivity index (χ2v) is 6.70. The molecule has 0 unspecified atom stereocenters. The van der Waals surface area contributed by atoms with E-state index in [9.17, 15) is 13.2 Å². The Morgan fingerprint density at radius 1 is 1.25 bits per heavy atom. The summed E-state index contributed by atoms with van der Waals surface area (Å²) in [4.78, 5) is 13.0. The van der Waals surface area contributed by atoms with E-state index in [1.807, 2.05) is 13.8 Å². The molecule has 6 heteroatoms. The summed E-state index contributed by atoms with van der Waals surface area (Å²) in [5.74, 6) is -1.12. The SMILES string of the molecule is CCCN(CC)CCS(=O)(=O)c1cccc(C(=O)O)c1. The van der Waals surface area contributed by atoms with Gasteiger partial charge in [0, 0.05) is 6.54 Å². The molecule has 1 aromatic rings. The summed E-state index contributed by atoms with van der Waals surface area (Å²) >= 11 is 0. The van der Waals surface area contributed by atoms with Gasteiger partial charge in [-0.3, -0.25) is 0 Å². The van der Waals surface area contributed by atoms with Crippen LogP contribution in [0.4, 0.5) is 0 Å². The molecular formula is C14H21NO4S. The zero-order valence-electron chi connectivity index (χ0n) is 11.9. The Kier molecular flexibility index (Phi) is 6.16. The Hall–Kier alpha value is -1.40. The molecule has 5 nitrogen and oxygen atoms in total. The van der Waals surface area contributed by atoms with Crippen molar-refractivity contribution in [3.05, 3.63) is 29.8 Å². The molecule has 0 spiro atoms. The molecule has 0 radical (unpaired) electrons. The fourth-order valence-corrected chi connectivity index (χ4v) is 3.26. The van der Waals surface area contributed by atoms with Crippen LogP contribution in [0.5, 0.6) is 0 Å². The number of nitrogens with zero attached hydrogens (tertiary/aromatic N) is 1. The van der Waals surface area contributed by atoms with Crippen LogP contribution in [-0.2, 0) is 9.84 Å². The highest BCUT2D eigenvalue weighted by atomic mass is 32.2. The van der Waals surface area contributed by atoms with Crippen LogP contribution in [0.1, 0.15) is 30.6 Å². The van der Waals surface area contributed by atoms with Gasteiger partial charge >= 0.3 is 5.97 Å². The second kappa shape index (κ2) is 7.40. The van der Waals surface area contributed by atoms with Crippen molar-refractivity contribution in [3.63, 3.8) is 0 Å². The molecule has 1 N–H and O–H groups in total. The van der Waals surface area contributed by atoms with Gasteiger partial charge in [0.1, 0.15) is 0 Å². The third kappa shape index (κ3) is 4.61. The van der Waals surface area contributed by atoms with Gasteiger partial charge in [0.05, 0.1) is 16.2 Å². The van der Waals surface area contributed by atoms with Crippen molar-refractivity contribution in [2.24, 2.45) is 0 Å². The Bertz CT molecular complexity index is 554. The van der Waals surface area contributed by atoms with Crippen molar-refractivity contribution < 1.29 is 18.3 Å². The number of carboxylic acids is 1. The van der Waals surface area contributed by atoms with Crippen LogP contribution in [0, 0.1) is 0 Å². The molecule has 112 valence electrons. The van der Waals surface area contributed by atoms with E-state index in [4.69, 9.17) is 5.11 Å². The van der Waals surface area contributed by atoms with Crippen LogP contribution in [0.15, 0.2) is 29.2 Å². The smallest absolute Gasteiger partial charge is 0.335 e. The van der Waals surface area contributed by atoms with E-state index in [-0.39, 0.29) is 16.2 Å². The predicted octanol–water partition coefficient (Wildman–Crippen LogP) is 1.89. The number of aromatic carboxylic acids is 1. The Morgan fingerprint density at radius 3 is 2.50 bits per heavy atom. The molecule has 0 heterocycles. The van der Waals surface area contributed by atoms with E-state index in [0.717, 1.165) is 19.5 Å². The molecule has 0 aliphatic carbocycles. The van der Waals surface area contributed by atoms with Crippen LogP contribution in [0.25, 0.3) is 0 Å². The molecule has 0 fully saturated rings. The van der Waals surface area contributed by atoms with Gasteiger partial charge in [-0.05, 0) is 37.7 Å². The number of carboxylic acid groups (broad SMARTS) is 1. The van der Waals surface area contributed by atoms with Crippen LogP contribution < -0.4 is 0 Å². The maximum Gasteiger partial charge on any atom is 0.335 e. The zero-order chi connectivity index (χ0) is 15.2. The first-order chi connectivity index (χ1) is 9.40. The number of sulfone groups is 1. The van der Waals surface area contributed by atoms with Gasteiger partial charge in [0.15, 0.2) is 9.84 Å². The third-order valence-corrected chi connectivity index (χ3v) is 4.80. The number of hydrogen-bond acceptors (Lipinski definition) is 4. The van der Waals surface area contributed by atoms with Gasteiger partial charge in [-0.2, -0.15) is 0 Å². The molecule has 20 heavy (non-hydrogen) atoms. The van der Waals surface area contributed by atoms with Gasteiger partial charge < -0.3 is 10.0 Å². The van der Waals surface area contributed by atoms with Crippen LogP contribution in [0.2, 0.25) is 0 Å². The number of carbonyl (C=O) groups is 1. The Morgan fingerprint density at radius 2 is 1.95 bits per heavy atom. The summed E-state index contributed by atoms with van der Waals surface area (Å²) in [6.45, 7) is 6.17. The second-order valence-electron chi connectivity index (χ2n) is 4.59. The molecule has 0 atom stereocenters. The highest BCUT2D eigenvalue weighted by Gasteiger charge is 2.17. The average Bonchev–Trinajstić information content (AvgIpc) is 2.43. The fraction of sp³-hybridized carbons (Fsp3) is 0.500. The lowest BCUT2D eigenvalue weighted by molar-refractivity contribution is 0.0696. The van der Waals surface area contributed by atoms with Gasteiger partial charge in [-0.15, -0.1) is 0 Å². The minimum Gasteiger partial charge on any atom is -0.478 e. The lowest BCUT2D eigenvalue weighted by atomic mass is 10.2. The van der Waals surface area contributed by atoms with Crippen LogP contribution >= 0.6 is 0 Å². The maximum absolute atomic E-state index is 12.2. The van der Waals surface area contributed by atoms with Crippen molar-refractivity contribution in [1.29, 1.82) is 0 Å². The molecule has 0 aromatic heterocycles. The highest BCUT2D eigenvalue weighted by molar-refractivity contribution is 7.91. The summed E-state index contributed by atoms with van der Waals surface area (Å²) < 4.78 is 24.4.